The summed E-state index contributed by atoms with van der Waals surface area (Å²) >= 11 is 0. The molecule has 0 bridgehead atoms. The van der Waals surface area contributed by atoms with Crippen molar-refractivity contribution < 1.29 is 19.2 Å². The van der Waals surface area contributed by atoms with Crippen LogP contribution in [0.2, 0.25) is 0 Å². The Morgan fingerprint density at radius 3 is 2.55 bits per heavy atom. The smallest absolute Gasteiger partial charge is 0.338 e. The first-order valence-corrected chi connectivity index (χ1v) is 6.28. The van der Waals surface area contributed by atoms with Crippen molar-refractivity contribution in [2.45, 2.75) is 25.3 Å². The molecule has 0 atom stereocenters. The standard InChI is InChI=1S/C13H16N2O5/c1-19-11-7-8(13(16)20-2)6-10(15(17)18)12(11)14-9-4-3-5-9/h6-7,9,14H,3-5H2,1-2H3. The van der Waals surface area contributed by atoms with Gasteiger partial charge in [0.05, 0.1) is 24.7 Å². The molecule has 0 aromatic heterocycles. The fourth-order valence-electron chi connectivity index (χ4n) is 2.04. The quantitative estimate of drug-likeness (QED) is 0.506. The highest BCUT2D eigenvalue weighted by atomic mass is 16.6. The second-order valence-corrected chi connectivity index (χ2v) is 4.59. The van der Waals surface area contributed by atoms with Crippen molar-refractivity contribution in [3.63, 3.8) is 0 Å². The molecule has 2 rings (SSSR count). The molecular weight excluding hydrogens is 264 g/mol. The second kappa shape index (κ2) is 5.77. The lowest BCUT2D eigenvalue weighted by molar-refractivity contribution is -0.384. The molecule has 0 heterocycles. The van der Waals surface area contributed by atoms with E-state index in [2.05, 4.69) is 10.1 Å². The highest BCUT2D eigenvalue weighted by molar-refractivity contribution is 5.93. The first kappa shape index (κ1) is 14.1. The molecule has 1 aliphatic carbocycles. The number of rotatable bonds is 5. The first-order chi connectivity index (χ1) is 9.56. The van der Waals surface area contributed by atoms with Gasteiger partial charge in [0.1, 0.15) is 5.75 Å². The van der Waals surface area contributed by atoms with E-state index in [0.717, 1.165) is 19.3 Å². The van der Waals surface area contributed by atoms with E-state index in [1.54, 1.807) is 0 Å². The minimum absolute atomic E-state index is 0.0928. The topological polar surface area (TPSA) is 90.7 Å². The van der Waals surface area contributed by atoms with Crippen LogP contribution in [0.25, 0.3) is 0 Å². The highest BCUT2D eigenvalue weighted by Gasteiger charge is 2.27. The van der Waals surface area contributed by atoms with E-state index < -0.39 is 10.9 Å². The number of nitrogens with zero attached hydrogens (tertiary/aromatic N) is 1. The number of nitrogens with one attached hydrogen (secondary N) is 1. The number of esters is 1. The number of anilines is 1. The number of carbonyl (C=O) groups is 1. The maximum absolute atomic E-state index is 11.5. The van der Waals surface area contributed by atoms with Gasteiger partial charge in [0.25, 0.3) is 5.69 Å². The van der Waals surface area contributed by atoms with Gasteiger partial charge in [-0.3, -0.25) is 10.1 Å². The van der Waals surface area contributed by atoms with E-state index in [1.165, 1.54) is 26.4 Å². The van der Waals surface area contributed by atoms with Crippen molar-refractivity contribution in [3.8, 4) is 5.75 Å². The molecule has 0 spiro atoms. The Morgan fingerprint density at radius 1 is 1.40 bits per heavy atom. The highest BCUT2D eigenvalue weighted by Crippen LogP contribution is 2.38. The normalized spacial score (nSPS) is 14.3. The third-order valence-corrected chi connectivity index (χ3v) is 3.37. The summed E-state index contributed by atoms with van der Waals surface area (Å²) < 4.78 is 9.75. The summed E-state index contributed by atoms with van der Waals surface area (Å²) in [6.45, 7) is 0. The minimum Gasteiger partial charge on any atom is -0.494 e. The molecule has 0 amide bonds. The van der Waals surface area contributed by atoms with Crippen LogP contribution in [0.3, 0.4) is 0 Å². The van der Waals surface area contributed by atoms with Gasteiger partial charge in [-0.15, -0.1) is 0 Å². The minimum atomic E-state index is -0.637. The van der Waals surface area contributed by atoms with Gasteiger partial charge in [0.2, 0.25) is 0 Å². The summed E-state index contributed by atoms with van der Waals surface area (Å²) in [6, 6.07) is 2.86. The summed E-state index contributed by atoms with van der Waals surface area (Å²) in [6.07, 6.45) is 3.05. The Balaban J connectivity index is 2.46. The van der Waals surface area contributed by atoms with Gasteiger partial charge >= 0.3 is 5.97 Å². The third-order valence-electron chi connectivity index (χ3n) is 3.37. The fourth-order valence-corrected chi connectivity index (χ4v) is 2.04. The molecule has 0 aliphatic heterocycles. The maximum Gasteiger partial charge on any atom is 0.338 e. The van der Waals surface area contributed by atoms with E-state index in [9.17, 15) is 14.9 Å². The fraction of sp³-hybridized carbons (Fsp3) is 0.462. The van der Waals surface area contributed by atoms with Crippen LogP contribution in [0.1, 0.15) is 29.6 Å². The molecule has 1 saturated carbocycles. The average Bonchev–Trinajstić information content (AvgIpc) is 2.40. The SMILES string of the molecule is COC(=O)c1cc(OC)c(NC2CCC2)c([N+](=O)[O-])c1. The number of nitro benzene ring substituents is 1. The van der Waals surface area contributed by atoms with E-state index in [4.69, 9.17) is 4.74 Å². The number of nitro groups is 1. The number of benzene rings is 1. The lowest BCUT2D eigenvalue weighted by Gasteiger charge is -2.28. The molecule has 1 aromatic carbocycles. The number of hydrogen-bond acceptors (Lipinski definition) is 6. The molecule has 0 saturated heterocycles. The van der Waals surface area contributed by atoms with Crippen LogP contribution >= 0.6 is 0 Å². The Hall–Kier alpha value is -2.31. The van der Waals surface area contributed by atoms with Gasteiger partial charge in [-0.05, 0) is 25.3 Å². The zero-order valence-corrected chi connectivity index (χ0v) is 11.3. The molecule has 1 aliphatic rings. The first-order valence-electron chi connectivity index (χ1n) is 6.28. The predicted molar refractivity (Wildman–Crippen MR) is 72.2 cm³/mol. The number of carbonyl (C=O) groups excluding carboxylic acids is 1. The van der Waals surface area contributed by atoms with Crippen LogP contribution in [0.4, 0.5) is 11.4 Å². The molecule has 1 fully saturated rings. The number of ether oxygens (including phenoxy) is 2. The molecule has 7 heteroatoms. The monoisotopic (exact) mass is 280 g/mol. The van der Waals surface area contributed by atoms with E-state index >= 15 is 0 Å². The molecule has 108 valence electrons. The average molecular weight is 280 g/mol. The Labute approximate surface area is 116 Å². The van der Waals surface area contributed by atoms with E-state index in [-0.39, 0.29) is 23.0 Å². The Bertz CT molecular complexity index is 540. The third kappa shape index (κ3) is 2.66. The molecule has 0 radical (unpaired) electrons. The van der Waals surface area contributed by atoms with Gasteiger partial charge < -0.3 is 14.8 Å². The van der Waals surface area contributed by atoms with Gasteiger partial charge in [-0.1, -0.05) is 0 Å². The molecule has 7 nitrogen and oxygen atoms in total. The predicted octanol–water partition coefficient (Wildman–Crippen LogP) is 2.35. The Morgan fingerprint density at radius 2 is 2.10 bits per heavy atom. The van der Waals surface area contributed by atoms with Crippen LogP contribution in [-0.2, 0) is 4.74 Å². The van der Waals surface area contributed by atoms with Crippen LogP contribution in [-0.4, -0.2) is 31.2 Å². The lowest BCUT2D eigenvalue weighted by atomic mass is 9.92. The van der Waals surface area contributed by atoms with Crippen molar-refractivity contribution in [2.75, 3.05) is 19.5 Å². The lowest BCUT2D eigenvalue weighted by Crippen LogP contribution is -2.27. The zero-order valence-electron chi connectivity index (χ0n) is 11.3. The molecule has 1 aromatic rings. The van der Waals surface area contributed by atoms with Crippen LogP contribution in [0.15, 0.2) is 12.1 Å². The number of hydrogen-bond donors (Lipinski definition) is 1. The molecule has 0 unspecified atom stereocenters. The van der Waals surface area contributed by atoms with Gasteiger partial charge in [0.15, 0.2) is 5.69 Å². The molecule has 1 N–H and O–H groups in total. The summed E-state index contributed by atoms with van der Waals surface area (Å²) in [4.78, 5) is 22.2. The zero-order chi connectivity index (χ0) is 14.7. The molecule has 20 heavy (non-hydrogen) atoms. The number of methoxy groups -OCH3 is 2. The van der Waals surface area contributed by atoms with Crippen LogP contribution < -0.4 is 10.1 Å². The van der Waals surface area contributed by atoms with Crippen molar-refractivity contribution >= 4 is 17.3 Å². The van der Waals surface area contributed by atoms with Crippen molar-refractivity contribution in [1.29, 1.82) is 0 Å². The summed E-state index contributed by atoms with van der Waals surface area (Å²) in [7, 11) is 2.63. The van der Waals surface area contributed by atoms with E-state index in [1.807, 2.05) is 0 Å². The van der Waals surface area contributed by atoms with Crippen molar-refractivity contribution in [2.24, 2.45) is 0 Å². The maximum atomic E-state index is 11.5. The van der Waals surface area contributed by atoms with Crippen molar-refractivity contribution in [3.05, 3.63) is 27.8 Å². The summed E-state index contributed by atoms with van der Waals surface area (Å²) in [5, 5.41) is 14.3. The van der Waals surface area contributed by atoms with Gasteiger partial charge in [-0.25, -0.2) is 4.79 Å². The molecular formula is C13H16N2O5. The van der Waals surface area contributed by atoms with Crippen LogP contribution in [0, 0.1) is 10.1 Å². The Kier molecular flexibility index (Phi) is 4.07. The summed E-state index contributed by atoms with van der Waals surface area (Å²) in [5.41, 5.74) is 0.224. The van der Waals surface area contributed by atoms with E-state index in [0.29, 0.717) is 5.69 Å². The second-order valence-electron chi connectivity index (χ2n) is 4.59. The van der Waals surface area contributed by atoms with Crippen molar-refractivity contribution in [1.82, 2.24) is 0 Å². The van der Waals surface area contributed by atoms with Gasteiger partial charge in [-0.2, -0.15) is 0 Å². The van der Waals surface area contributed by atoms with Crippen LogP contribution in [0.5, 0.6) is 5.75 Å². The summed E-state index contributed by atoms with van der Waals surface area (Å²) in [5.74, 6) is -0.368. The van der Waals surface area contributed by atoms with Gasteiger partial charge in [0, 0.05) is 12.1 Å². The largest absolute Gasteiger partial charge is 0.494 e.